The lowest BCUT2D eigenvalue weighted by Crippen LogP contribution is -2.32. The standard InChI is InChI=1S/C26H22ClN3O3/c1-15-11-12-20(13-17(15)3)29-24(31)18-8-6-9-19(14-18)28-23-22(27)25(32)30(26(23)33)21-10-5-4-7-16(21)2/h4-14,28H,1-3H3,(H,29,31). The molecule has 0 aliphatic carbocycles. The van der Waals surface area contributed by atoms with Crippen molar-refractivity contribution < 1.29 is 14.4 Å². The van der Waals surface area contributed by atoms with Crippen LogP contribution in [0.15, 0.2) is 77.5 Å². The number of halogens is 1. The second-order valence-electron chi connectivity index (χ2n) is 7.88. The number of aryl methyl sites for hydroxylation is 3. The van der Waals surface area contributed by atoms with Gasteiger partial charge in [0.05, 0.1) is 5.69 Å². The Morgan fingerprint density at radius 3 is 2.27 bits per heavy atom. The lowest BCUT2D eigenvalue weighted by atomic mass is 10.1. The highest BCUT2D eigenvalue weighted by Crippen LogP contribution is 2.32. The zero-order valence-corrected chi connectivity index (χ0v) is 19.2. The summed E-state index contributed by atoms with van der Waals surface area (Å²) in [6.07, 6.45) is 0. The summed E-state index contributed by atoms with van der Waals surface area (Å²) in [7, 11) is 0. The van der Waals surface area contributed by atoms with E-state index >= 15 is 0 Å². The van der Waals surface area contributed by atoms with Crippen molar-refractivity contribution in [1.82, 2.24) is 0 Å². The fourth-order valence-electron chi connectivity index (χ4n) is 3.55. The summed E-state index contributed by atoms with van der Waals surface area (Å²) in [4.78, 5) is 39.5. The number of nitrogens with one attached hydrogen (secondary N) is 2. The summed E-state index contributed by atoms with van der Waals surface area (Å²) < 4.78 is 0. The molecule has 0 bridgehead atoms. The Morgan fingerprint density at radius 1 is 0.788 bits per heavy atom. The zero-order chi connectivity index (χ0) is 23.7. The summed E-state index contributed by atoms with van der Waals surface area (Å²) in [5, 5.41) is 5.59. The van der Waals surface area contributed by atoms with Gasteiger partial charge in [-0.05, 0) is 73.9 Å². The average Bonchev–Trinajstić information content (AvgIpc) is 3.00. The number of carbonyl (C=O) groups excluding carboxylic acids is 3. The van der Waals surface area contributed by atoms with Crippen molar-refractivity contribution in [3.63, 3.8) is 0 Å². The number of carbonyl (C=O) groups is 3. The third-order valence-electron chi connectivity index (χ3n) is 5.54. The second-order valence-corrected chi connectivity index (χ2v) is 8.26. The molecule has 0 spiro atoms. The summed E-state index contributed by atoms with van der Waals surface area (Å²) >= 11 is 6.23. The van der Waals surface area contributed by atoms with Gasteiger partial charge in [0.2, 0.25) is 0 Å². The Labute approximate surface area is 196 Å². The molecule has 0 radical (unpaired) electrons. The van der Waals surface area contributed by atoms with Crippen molar-refractivity contribution in [3.05, 3.63) is 99.7 Å². The molecule has 0 unspecified atom stereocenters. The molecule has 0 aromatic heterocycles. The van der Waals surface area contributed by atoms with Crippen LogP contribution < -0.4 is 15.5 Å². The first-order valence-electron chi connectivity index (χ1n) is 10.4. The number of para-hydroxylation sites is 1. The van der Waals surface area contributed by atoms with Gasteiger partial charge in [-0.3, -0.25) is 14.4 Å². The van der Waals surface area contributed by atoms with Crippen molar-refractivity contribution >= 4 is 46.4 Å². The Balaban J connectivity index is 1.55. The first-order valence-corrected chi connectivity index (χ1v) is 10.7. The van der Waals surface area contributed by atoms with E-state index in [9.17, 15) is 14.4 Å². The van der Waals surface area contributed by atoms with Gasteiger partial charge in [-0.2, -0.15) is 0 Å². The van der Waals surface area contributed by atoms with Crippen LogP contribution >= 0.6 is 11.6 Å². The predicted octanol–water partition coefficient (Wildman–Crippen LogP) is 5.30. The lowest BCUT2D eigenvalue weighted by Gasteiger charge is -2.17. The number of anilines is 3. The third-order valence-corrected chi connectivity index (χ3v) is 5.89. The zero-order valence-electron chi connectivity index (χ0n) is 18.4. The van der Waals surface area contributed by atoms with Crippen molar-refractivity contribution in [3.8, 4) is 0 Å². The van der Waals surface area contributed by atoms with E-state index in [2.05, 4.69) is 10.6 Å². The Bertz CT molecular complexity index is 1330. The van der Waals surface area contributed by atoms with E-state index in [1.807, 2.05) is 51.1 Å². The predicted molar refractivity (Wildman–Crippen MR) is 130 cm³/mol. The minimum absolute atomic E-state index is 0.0309. The van der Waals surface area contributed by atoms with Crippen LogP contribution in [-0.2, 0) is 9.59 Å². The first-order chi connectivity index (χ1) is 15.8. The molecule has 2 N–H and O–H groups in total. The number of hydrogen-bond donors (Lipinski definition) is 2. The van der Waals surface area contributed by atoms with Crippen LogP contribution in [0.2, 0.25) is 0 Å². The molecule has 166 valence electrons. The van der Waals surface area contributed by atoms with Crippen molar-refractivity contribution in [2.45, 2.75) is 20.8 Å². The van der Waals surface area contributed by atoms with Crippen LogP contribution in [0.3, 0.4) is 0 Å². The Kier molecular flexibility index (Phi) is 6.03. The first kappa shape index (κ1) is 22.3. The van der Waals surface area contributed by atoms with E-state index in [0.29, 0.717) is 22.6 Å². The largest absolute Gasteiger partial charge is 0.350 e. The number of amides is 3. The second kappa shape index (κ2) is 8.92. The van der Waals surface area contributed by atoms with Gasteiger partial charge < -0.3 is 10.6 Å². The molecule has 0 fully saturated rings. The molecule has 7 heteroatoms. The van der Waals surface area contributed by atoms with E-state index in [0.717, 1.165) is 21.6 Å². The SMILES string of the molecule is Cc1ccc(NC(=O)c2cccc(NC3=C(Cl)C(=O)N(c4ccccc4C)C3=O)c2)cc1C. The Morgan fingerprint density at radius 2 is 1.55 bits per heavy atom. The van der Waals surface area contributed by atoms with Gasteiger partial charge in [-0.1, -0.05) is 41.9 Å². The van der Waals surface area contributed by atoms with Gasteiger partial charge >= 0.3 is 0 Å². The topological polar surface area (TPSA) is 78.5 Å². The molecule has 0 saturated heterocycles. The van der Waals surface area contributed by atoms with E-state index in [4.69, 9.17) is 11.6 Å². The van der Waals surface area contributed by atoms with Crippen LogP contribution in [0.1, 0.15) is 27.0 Å². The van der Waals surface area contributed by atoms with Crippen LogP contribution in [0, 0.1) is 20.8 Å². The van der Waals surface area contributed by atoms with Gasteiger partial charge in [0, 0.05) is 16.9 Å². The maximum atomic E-state index is 13.0. The highest BCUT2D eigenvalue weighted by atomic mass is 35.5. The van der Waals surface area contributed by atoms with Gasteiger partial charge in [-0.15, -0.1) is 0 Å². The molecule has 6 nitrogen and oxygen atoms in total. The van der Waals surface area contributed by atoms with E-state index in [1.165, 1.54) is 0 Å². The maximum Gasteiger partial charge on any atom is 0.283 e. The summed E-state index contributed by atoms with van der Waals surface area (Å²) in [5.74, 6) is -1.44. The van der Waals surface area contributed by atoms with Crippen molar-refractivity contribution in [2.75, 3.05) is 15.5 Å². The van der Waals surface area contributed by atoms with Crippen LogP contribution in [-0.4, -0.2) is 17.7 Å². The van der Waals surface area contributed by atoms with Gasteiger partial charge in [0.15, 0.2) is 0 Å². The summed E-state index contributed by atoms with van der Waals surface area (Å²) in [5.41, 5.74) is 4.98. The number of rotatable bonds is 5. The van der Waals surface area contributed by atoms with Crippen LogP contribution in [0.5, 0.6) is 0 Å². The highest BCUT2D eigenvalue weighted by molar-refractivity contribution is 6.53. The molecule has 0 saturated carbocycles. The minimum atomic E-state index is -0.595. The molecular weight excluding hydrogens is 438 g/mol. The smallest absolute Gasteiger partial charge is 0.283 e. The third kappa shape index (κ3) is 4.38. The van der Waals surface area contributed by atoms with Gasteiger partial charge in [0.1, 0.15) is 10.7 Å². The van der Waals surface area contributed by atoms with Crippen LogP contribution in [0.4, 0.5) is 17.1 Å². The summed E-state index contributed by atoms with van der Waals surface area (Å²) in [6.45, 7) is 5.80. The quantitative estimate of drug-likeness (QED) is 0.507. The lowest BCUT2D eigenvalue weighted by molar-refractivity contribution is -0.120. The monoisotopic (exact) mass is 459 g/mol. The molecule has 33 heavy (non-hydrogen) atoms. The molecule has 1 aliphatic heterocycles. The molecule has 3 amide bonds. The summed E-state index contributed by atoms with van der Waals surface area (Å²) in [6, 6.07) is 19.4. The Hall–Kier alpha value is -3.90. The number of imide groups is 1. The molecule has 1 heterocycles. The van der Waals surface area contributed by atoms with E-state index in [1.54, 1.807) is 36.4 Å². The van der Waals surface area contributed by atoms with Crippen LogP contribution in [0.25, 0.3) is 0 Å². The fourth-order valence-corrected chi connectivity index (χ4v) is 3.76. The number of benzene rings is 3. The number of nitrogens with zero attached hydrogens (tertiary/aromatic N) is 1. The van der Waals surface area contributed by atoms with E-state index in [-0.39, 0.29) is 16.6 Å². The fraction of sp³-hybridized carbons (Fsp3) is 0.115. The van der Waals surface area contributed by atoms with Gasteiger partial charge in [-0.25, -0.2) is 4.90 Å². The molecule has 3 aromatic carbocycles. The highest BCUT2D eigenvalue weighted by Gasteiger charge is 2.39. The number of hydrogen-bond acceptors (Lipinski definition) is 4. The van der Waals surface area contributed by atoms with Crippen molar-refractivity contribution in [1.29, 1.82) is 0 Å². The minimum Gasteiger partial charge on any atom is -0.350 e. The molecule has 4 rings (SSSR count). The normalized spacial score (nSPS) is 13.5. The molecule has 1 aliphatic rings. The average molecular weight is 460 g/mol. The van der Waals surface area contributed by atoms with E-state index < -0.39 is 11.8 Å². The molecule has 0 atom stereocenters. The van der Waals surface area contributed by atoms with Crippen molar-refractivity contribution in [2.24, 2.45) is 0 Å². The molecular formula is C26H22ClN3O3. The van der Waals surface area contributed by atoms with Gasteiger partial charge in [0.25, 0.3) is 17.7 Å². The maximum absolute atomic E-state index is 13.0. The molecule has 3 aromatic rings.